The van der Waals surface area contributed by atoms with Crippen molar-refractivity contribution in [1.29, 1.82) is 0 Å². The summed E-state index contributed by atoms with van der Waals surface area (Å²) in [5, 5.41) is 3.87. The van der Waals surface area contributed by atoms with Gasteiger partial charge >= 0.3 is 5.51 Å². The Morgan fingerprint density at radius 3 is 2.72 bits per heavy atom. The third kappa shape index (κ3) is 4.07. The van der Waals surface area contributed by atoms with Crippen molar-refractivity contribution in [3.8, 4) is 0 Å². The van der Waals surface area contributed by atoms with E-state index in [4.69, 9.17) is 11.6 Å². The minimum absolute atomic E-state index is 0.0196. The van der Waals surface area contributed by atoms with Crippen LogP contribution in [-0.4, -0.2) is 23.8 Å². The van der Waals surface area contributed by atoms with Gasteiger partial charge in [-0.1, -0.05) is 17.7 Å². The van der Waals surface area contributed by atoms with E-state index in [2.05, 4.69) is 5.32 Å². The molecule has 0 bridgehead atoms. The Bertz CT molecular complexity index is 422. The van der Waals surface area contributed by atoms with Gasteiger partial charge in [-0.3, -0.25) is 0 Å². The average Bonchev–Trinajstić information content (AvgIpc) is 2.65. The van der Waals surface area contributed by atoms with Crippen molar-refractivity contribution < 1.29 is 13.2 Å². The molecule has 1 atom stereocenters. The Morgan fingerprint density at radius 1 is 1.28 bits per heavy atom. The summed E-state index contributed by atoms with van der Waals surface area (Å²) < 4.78 is 35.8. The molecule has 6 heteroatoms. The van der Waals surface area contributed by atoms with E-state index in [0.29, 0.717) is 11.6 Å². The maximum Gasteiger partial charge on any atom is 0.441 e. The molecule has 0 radical (unpaired) electrons. The van der Waals surface area contributed by atoms with Crippen molar-refractivity contribution >= 4 is 23.4 Å². The topological polar surface area (TPSA) is 12.0 Å². The maximum absolute atomic E-state index is 11.9. The highest BCUT2D eigenvalue weighted by atomic mass is 35.5. The van der Waals surface area contributed by atoms with Gasteiger partial charge in [0.2, 0.25) is 0 Å². The number of hydrogen-bond donors (Lipinski definition) is 1. The number of alkyl halides is 3. The molecular formula is C12H13ClF3NS. The molecule has 0 aromatic heterocycles. The zero-order valence-electron chi connectivity index (χ0n) is 9.56. The molecule has 2 rings (SSSR count). The Balaban J connectivity index is 1.75. The molecule has 1 aromatic carbocycles. The molecule has 0 aliphatic heterocycles. The molecule has 1 nitrogen and oxygen atoms in total. The van der Waals surface area contributed by atoms with Crippen LogP contribution in [-0.2, 0) is 12.8 Å². The second kappa shape index (κ2) is 5.72. The SMILES string of the molecule is FC(F)(F)SCCNC1Cc2ccc(Cl)cc2C1. The Kier molecular flexibility index (Phi) is 4.45. The third-order valence-corrected chi connectivity index (χ3v) is 3.87. The van der Waals surface area contributed by atoms with Crippen LogP contribution in [0.3, 0.4) is 0 Å². The number of rotatable bonds is 4. The lowest BCUT2D eigenvalue weighted by molar-refractivity contribution is -0.0327. The quantitative estimate of drug-likeness (QED) is 0.851. The number of fused-ring (bicyclic) bond motifs is 1. The summed E-state index contributed by atoms with van der Waals surface area (Å²) in [4.78, 5) is 0. The summed E-state index contributed by atoms with van der Waals surface area (Å²) in [5.74, 6) is 0.0527. The standard InChI is InChI=1S/C12H13ClF3NS/c13-10-2-1-8-6-11(7-9(8)5-10)17-3-4-18-12(14,15)16/h1-2,5,11,17H,3-4,6-7H2. The summed E-state index contributed by atoms with van der Waals surface area (Å²) in [5.41, 5.74) is -1.70. The van der Waals surface area contributed by atoms with Crippen LogP contribution in [0.15, 0.2) is 18.2 Å². The summed E-state index contributed by atoms with van der Waals surface area (Å²) in [7, 11) is 0. The maximum atomic E-state index is 11.9. The van der Waals surface area contributed by atoms with Gasteiger partial charge in [0.25, 0.3) is 0 Å². The fourth-order valence-corrected chi connectivity index (χ4v) is 2.81. The van der Waals surface area contributed by atoms with E-state index in [1.807, 2.05) is 18.2 Å². The molecule has 1 aliphatic rings. The fraction of sp³-hybridized carbons (Fsp3) is 0.500. The number of nitrogens with one attached hydrogen (secondary N) is 1. The van der Waals surface area contributed by atoms with Gasteiger partial charge in [0.05, 0.1) is 0 Å². The monoisotopic (exact) mass is 295 g/mol. The lowest BCUT2D eigenvalue weighted by Gasteiger charge is -2.12. The van der Waals surface area contributed by atoms with E-state index < -0.39 is 5.51 Å². The molecule has 0 heterocycles. The highest BCUT2D eigenvalue weighted by Crippen LogP contribution is 2.30. The van der Waals surface area contributed by atoms with E-state index in [9.17, 15) is 13.2 Å². The molecule has 100 valence electrons. The first-order chi connectivity index (χ1) is 8.44. The van der Waals surface area contributed by atoms with Crippen molar-refractivity contribution in [2.24, 2.45) is 0 Å². The number of thioether (sulfide) groups is 1. The second-order valence-electron chi connectivity index (χ2n) is 4.27. The molecule has 18 heavy (non-hydrogen) atoms. The van der Waals surface area contributed by atoms with Crippen molar-refractivity contribution in [3.05, 3.63) is 34.3 Å². The third-order valence-electron chi connectivity index (χ3n) is 2.90. The molecule has 0 amide bonds. The number of halogens is 4. The van der Waals surface area contributed by atoms with Gasteiger partial charge in [-0.2, -0.15) is 13.2 Å². The lowest BCUT2D eigenvalue weighted by Crippen LogP contribution is -2.31. The normalized spacial score (nSPS) is 19.0. The van der Waals surface area contributed by atoms with Gasteiger partial charge in [-0.05, 0) is 47.9 Å². The Hall–Kier alpha value is -0.390. The van der Waals surface area contributed by atoms with E-state index in [0.717, 1.165) is 12.8 Å². The zero-order chi connectivity index (χ0) is 13.2. The van der Waals surface area contributed by atoms with Crippen molar-refractivity contribution in [2.45, 2.75) is 24.4 Å². The summed E-state index contributed by atoms with van der Waals surface area (Å²) in [6.45, 7) is 0.372. The average molecular weight is 296 g/mol. The molecule has 0 saturated carbocycles. The van der Waals surface area contributed by atoms with Crippen LogP contribution in [0.1, 0.15) is 11.1 Å². The fourth-order valence-electron chi connectivity index (χ4n) is 2.16. The molecule has 1 aromatic rings. The van der Waals surface area contributed by atoms with Crippen LogP contribution < -0.4 is 5.32 Å². The van der Waals surface area contributed by atoms with Gasteiger partial charge in [-0.15, -0.1) is 0 Å². The summed E-state index contributed by atoms with van der Waals surface area (Å²) >= 11 is 5.92. The molecule has 0 spiro atoms. The Morgan fingerprint density at radius 2 is 2.00 bits per heavy atom. The largest absolute Gasteiger partial charge is 0.441 e. The van der Waals surface area contributed by atoms with Crippen LogP contribution in [0.5, 0.6) is 0 Å². The first-order valence-corrected chi connectivity index (χ1v) is 7.02. The minimum Gasteiger partial charge on any atom is -0.312 e. The minimum atomic E-state index is -4.13. The molecule has 0 fully saturated rings. The van der Waals surface area contributed by atoms with Crippen LogP contribution in [0.4, 0.5) is 13.2 Å². The molecule has 1 aliphatic carbocycles. The number of hydrogen-bond acceptors (Lipinski definition) is 2. The second-order valence-corrected chi connectivity index (χ2v) is 5.86. The highest BCUT2D eigenvalue weighted by molar-refractivity contribution is 8.00. The van der Waals surface area contributed by atoms with Crippen molar-refractivity contribution in [3.63, 3.8) is 0 Å². The first kappa shape index (κ1) is 14.0. The lowest BCUT2D eigenvalue weighted by atomic mass is 10.1. The van der Waals surface area contributed by atoms with Gasteiger partial charge in [0, 0.05) is 23.4 Å². The van der Waals surface area contributed by atoms with Crippen molar-refractivity contribution in [2.75, 3.05) is 12.3 Å². The van der Waals surface area contributed by atoms with Crippen LogP contribution in [0.25, 0.3) is 0 Å². The van der Waals surface area contributed by atoms with E-state index >= 15 is 0 Å². The Labute approximate surface area is 113 Å². The smallest absolute Gasteiger partial charge is 0.312 e. The van der Waals surface area contributed by atoms with Crippen LogP contribution in [0.2, 0.25) is 5.02 Å². The van der Waals surface area contributed by atoms with E-state index in [1.165, 1.54) is 11.1 Å². The summed E-state index contributed by atoms with van der Waals surface area (Å²) in [6.07, 6.45) is 1.70. The van der Waals surface area contributed by atoms with Gasteiger partial charge in [-0.25, -0.2) is 0 Å². The summed E-state index contributed by atoms with van der Waals surface area (Å²) in [6, 6.07) is 6.00. The molecule has 0 saturated heterocycles. The van der Waals surface area contributed by atoms with Crippen LogP contribution in [0, 0.1) is 0 Å². The van der Waals surface area contributed by atoms with E-state index in [1.54, 1.807) is 0 Å². The van der Waals surface area contributed by atoms with Gasteiger partial charge in [0.1, 0.15) is 0 Å². The highest BCUT2D eigenvalue weighted by Gasteiger charge is 2.28. The van der Waals surface area contributed by atoms with Gasteiger partial charge < -0.3 is 5.32 Å². The molecular weight excluding hydrogens is 283 g/mol. The zero-order valence-corrected chi connectivity index (χ0v) is 11.1. The van der Waals surface area contributed by atoms with Crippen molar-refractivity contribution in [1.82, 2.24) is 5.32 Å². The molecule has 1 unspecified atom stereocenters. The molecule has 1 N–H and O–H groups in total. The number of benzene rings is 1. The van der Waals surface area contributed by atoms with Crippen LogP contribution >= 0.6 is 23.4 Å². The van der Waals surface area contributed by atoms with E-state index in [-0.39, 0.29) is 23.6 Å². The first-order valence-electron chi connectivity index (χ1n) is 5.65. The predicted octanol–water partition coefficient (Wildman–Crippen LogP) is 3.65. The predicted molar refractivity (Wildman–Crippen MR) is 69.2 cm³/mol. The van der Waals surface area contributed by atoms with Gasteiger partial charge in [0.15, 0.2) is 0 Å².